The van der Waals surface area contributed by atoms with Gasteiger partial charge in [-0.3, -0.25) is 4.90 Å². The Balaban J connectivity index is 0.00000264. The molecular weight excluding hydrogens is 388 g/mol. The second-order valence-corrected chi connectivity index (χ2v) is 4.93. The van der Waals surface area contributed by atoms with E-state index in [0.29, 0.717) is 12.1 Å². The summed E-state index contributed by atoms with van der Waals surface area (Å²) in [4.78, 5) is 0.824. The zero-order chi connectivity index (χ0) is 16.5. The number of rotatable bonds is 2. The number of halogens is 9. The molecule has 1 atom stereocenters. The van der Waals surface area contributed by atoms with Gasteiger partial charge in [-0.15, -0.1) is 24.8 Å². The van der Waals surface area contributed by atoms with E-state index in [9.17, 15) is 30.7 Å². The Morgan fingerprint density at radius 2 is 1.50 bits per heavy atom. The smallest absolute Gasteiger partial charge is 0.314 e. The van der Waals surface area contributed by atoms with Crippen LogP contribution in [-0.2, 0) is 6.18 Å². The Hall–Kier alpha value is -0.770. The fourth-order valence-electron chi connectivity index (χ4n) is 2.56. The van der Waals surface area contributed by atoms with Crippen LogP contribution in [0.25, 0.3) is 0 Å². The van der Waals surface area contributed by atoms with E-state index in [1.165, 1.54) is 0 Å². The van der Waals surface area contributed by atoms with Gasteiger partial charge in [-0.25, -0.2) is 4.39 Å². The van der Waals surface area contributed by atoms with Crippen molar-refractivity contribution >= 4 is 24.8 Å². The van der Waals surface area contributed by atoms with E-state index >= 15 is 0 Å². The van der Waals surface area contributed by atoms with E-state index in [4.69, 9.17) is 0 Å². The lowest BCUT2D eigenvalue weighted by molar-refractivity contribution is -0.191. The van der Waals surface area contributed by atoms with E-state index in [1.54, 1.807) is 0 Å². The molecule has 1 aliphatic rings. The Labute approximate surface area is 146 Å². The van der Waals surface area contributed by atoms with E-state index < -0.39 is 35.3 Å². The van der Waals surface area contributed by atoms with Crippen molar-refractivity contribution in [2.75, 3.05) is 26.2 Å². The molecule has 140 valence electrons. The highest BCUT2D eigenvalue weighted by Gasteiger charge is 2.50. The highest BCUT2D eigenvalue weighted by Crippen LogP contribution is 2.44. The van der Waals surface area contributed by atoms with Crippen LogP contribution in [-0.4, -0.2) is 37.3 Å². The zero-order valence-electron chi connectivity index (χ0n) is 12.0. The fourth-order valence-corrected chi connectivity index (χ4v) is 2.56. The minimum atomic E-state index is -5.06. The van der Waals surface area contributed by atoms with E-state index in [1.807, 2.05) is 0 Å². The molecular formula is C13H15Cl2F7N2. The Bertz CT molecular complexity index is 528. The maximum Gasteiger partial charge on any atom is 0.416 e. The summed E-state index contributed by atoms with van der Waals surface area (Å²) in [6.45, 7) is 0.163. The number of hydrogen-bond donors (Lipinski definition) is 1. The predicted molar refractivity (Wildman–Crippen MR) is 79.1 cm³/mol. The lowest BCUT2D eigenvalue weighted by Crippen LogP contribution is -2.49. The summed E-state index contributed by atoms with van der Waals surface area (Å²) in [5.41, 5.74) is -2.95. The van der Waals surface area contributed by atoms with Gasteiger partial charge in [-0.05, 0) is 12.1 Å². The molecule has 0 amide bonds. The molecule has 1 heterocycles. The minimum Gasteiger partial charge on any atom is -0.314 e. The van der Waals surface area contributed by atoms with Gasteiger partial charge in [0.15, 0.2) is 0 Å². The first-order valence-electron chi connectivity index (χ1n) is 6.49. The summed E-state index contributed by atoms with van der Waals surface area (Å²) in [5.74, 6) is -1.50. The third kappa shape index (κ3) is 5.11. The molecule has 0 radical (unpaired) electrons. The molecule has 0 bridgehead atoms. The maximum absolute atomic E-state index is 13.9. The van der Waals surface area contributed by atoms with Gasteiger partial charge in [0.2, 0.25) is 0 Å². The second-order valence-electron chi connectivity index (χ2n) is 4.93. The van der Waals surface area contributed by atoms with E-state index in [2.05, 4.69) is 5.32 Å². The Morgan fingerprint density at radius 1 is 0.958 bits per heavy atom. The molecule has 24 heavy (non-hydrogen) atoms. The molecule has 0 aliphatic carbocycles. The number of nitrogens with one attached hydrogen (secondary N) is 1. The van der Waals surface area contributed by atoms with E-state index in [0.717, 1.165) is 11.0 Å². The van der Waals surface area contributed by atoms with Gasteiger partial charge in [0, 0.05) is 31.7 Å². The maximum atomic E-state index is 13.9. The van der Waals surface area contributed by atoms with Crippen molar-refractivity contribution in [1.29, 1.82) is 0 Å². The molecule has 0 unspecified atom stereocenters. The molecule has 1 fully saturated rings. The standard InChI is InChI=1S/C13H13F7N2.2ClH/c14-9-3-1-2-8(12(15,16)17)10(9)11(13(18,19)20)22-6-4-21-5-7-22;;/h1-3,11,21H,4-7H2;2*1H/t11-;;/m0../s1. The van der Waals surface area contributed by atoms with Crippen molar-refractivity contribution in [2.45, 2.75) is 18.4 Å². The molecule has 1 aromatic rings. The zero-order valence-corrected chi connectivity index (χ0v) is 13.7. The van der Waals surface area contributed by atoms with Gasteiger partial charge in [0.25, 0.3) is 0 Å². The van der Waals surface area contributed by atoms with Crippen LogP contribution in [0.4, 0.5) is 30.7 Å². The van der Waals surface area contributed by atoms with Gasteiger partial charge in [0.1, 0.15) is 11.9 Å². The summed E-state index contributed by atoms with van der Waals surface area (Å²) in [6.07, 6.45) is -10.1. The van der Waals surface area contributed by atoms with Crippen LogP contribution in [0.5, 0.6) is 0 Å². The third-order valence-corrected chi connectivity index (χ3v) is 3.46. The van der Waals surface area contributed by atoms with Crippen LogP contribution in [0.15, 0.2) is 18.2 Å². The van der Waals surface area contributed by atoms with Crippen LogP contribution >= 0.6 is 24.8 Å². The average molecular weight is 403 g/mol. The first-order chi connectivity index (χ1) is 10.1. The van der Waals surface area contributed by atoms with Crippen molar-refractivity contribution in [3.05, 3.63) is 35.1 Å². The summed E-state index contributed by atoms with van der Waals surface area (Å²) in [5, 5.41) is 2.81. The van der Waals surface area contributed by atoms with Crippen molar-refractivity contribution < 1.29 is 30.7 Å². The summed E-state index contributed by atoms with van der Waals surface area (Å²) >= 11 is 0. The molecule has 0 spiro atoms. The number of benzene rings is 1. The molecule has 2 nitrogen and oxygen atoms in total. The predicted octanol–water partition coefficient (Wildman–Crippen LogP) is 4.20. The van der Waals surface area contributed by atoms with Gasteiger partial charge >= 0.3 is 12.4 Å². The first-order valence-corrected chi connectivity index (χ1v) is 6.49. The number of hydrogen-bond acceptors (Lipinski definition) is 2. The third-order valence-electron chi connectivity index (χ3n) is 3.46. The van der Waals surface area contributed by atoms with Gasteiger partial charge in [0.05, 0.1) is 5.56 Å². The van der Waals surface area contributed by atoms with Crippen molar-refractivity contribution in [3.63, 3.8) is 0 Å². The molecule has 1 aliphatic heterocycles. The molecule has 2 rings (SSSR count). The Kier molecular flexibility index (Phi) is 8.28. The lowest BCUT2D eigenvalue weighted by Gasteiger charge is -2.37. The van der Waals surface area contributed by atoms with E-state index in [-0.39, 0.29) is 51.0 Å². The van der Waals surface area contributed by atoms with Crippen LogP contribution in [0.2, 0.25) is 0 Å². The second kappa shape index (κ2) is 8.55. The number of nitrogens with zero attached hydrogens (tertiary/aromatic N) is 1. The van der Waals surface area contributed by atoms with Crippen LogP contribution < -0.4 is 5.32 Å². The van der Waals surface area contributed by atoms with Crippen molar-refractivity contribution in [3.8, 4) is 0 Å². The van der Waals surface area contributed by atoms with Gasteiger partial charge in [-0.1, -0.05) is 6.07 Å². The number of alkyl halides is 6. The highest BCUT2D eigenvalue weighted by molar-refractivity contribution is 5.85. The quantitative estimate of drug-likeness (QED) is 0.745. The summed E-state index contributed by atoms with van der Waals surface area (Å²) in [6, 6.07) is -0.773. The van der Waals surface area contributed by atoms with Gasteiger partial charge in [-0.2, -0.15) is 26.3 Å². The molecule has 1 aromatic carbocycles. The first kappa shape index (κ1) is 23.2. The molecule has 11 heteroatoms. The normalized spacial score (nSPS) is 17.6. The van der Waals surface area contributed by atoms with Crippen molar-refractivity contribution in [2.24, 2.45) is 0 Å². The molecule has 0 aromatic heterocycles. The van der Waals surface area contributed by atoms with Crippen molar-refractivity contribution in [1.82, 2.24) is 10.2 Å². The fraction of sp³-hybridized carbons (Fsp3) is 0.538. The minimum absolute atomic E-state index is 0. The van der Waals surface area contributed by atoms with Crippen LogP contribution in [0.3, 0.4) is 0 Å². The van der Waals surface area contributed by atoms with Gasteiger partial charge < -0.3 is 5.32 Å². The largest absolute Gasteiger partial charge is 0.416 e. The monoisotopic (exact) mass is 402 g/mol. The molecule has 1 saturated heterocycles. The SMILES string of the molecule is Cl.Cl.Fc1cccc(C(F)(F)F)c1[C@H](N1CCNCC1)C(F)(F)F. The molecule has 1 N–H and O–H groups in total. The van der Waals surface area contributed by atoms with Crippen LogP contribution in [0.1, 0.15) is 17.2 Å². The Morgan fingerprint density at radius 3 is 1.96 bits per heavy atom. The summed E-state index contributed by atoms with van der Waals surface area (Å²) in [7, 11) is 0. The topological polar surface area (TPSA) is 15.3 Å². The average Bonchev–Trinajstić information content (AvgIpc) is 2.39. The molecule has 0 saturated carbocycles. The summed E-state index contributed by atoms with van der Waals surface area (Å²) < 4.78 is 92.8. The van der Waals surface area contributed by atoms with Crippen LogP contribution in [0, 0.1) is 5.82 Å². The number of piperazine rings is 1. The lowest BCUT2D eigenvalue weighted by atomic mass is 9.96. The highest BCUT2D eigenvalue weighted by atomic mass is 35.5.